The number of carbonyl (C=O) groups is 1. The number of aromatic nitrogens is 2. The summed E-state index contributed by atoms with van der Waals surface area (Å²) in [6.07, 6.45) is 7.03. The SMILES string of the molecule is CCC1CCCCN1C(=O)Cn1cnc2ccc(S(=O)(=O)N3CCC(C)CC3)cc2c1=O. The van der Waals surface area contributed by atoms with Crippen LogP contribution >= 0.6 is 0 Å². The van der Waals surface area contributed by atoms with E-state index in [1.165, 1.54) is 27.3 Å². The van der Waals surface area contributed by atoms with Gasteiger partial charge in [0.15, 0.2) is 0 Å². The Balaban J connectivity index is 1.62. The number of fused-ring (bicyclic) bond motifs is 1. The van der Waals surface area contributed by atoms with Gasteiger partial charge in [0.05, 0.1) is 22.1 Å². The summed E-state index contributed by atoms with van der Waals surface area (Å²) in [5.41, 5.74) is 0.0343. The molecule has 0 saturated carbocycles. The lowest BCUT2D eigenvalue weighted by atomic mass is 10.00. The van der Waals surface area contributed by atoms with Crippen molar-refractivity contribution in [3.05, 3.63) is 34.9 Å². The van der Waals surface area contributed by atoms with E-state index in [4.69, 9.17) is 0 Å². The van der Waals surface area contributed by atoms with Gasteiger partial charge in [0.1, 0.15) is 6.54 Å². The summed E-state index contributed by atoms with van der Waals surface area (Å²) < 4.78 is 29.0. The second kappa shape index (κ2) is 9.31. The van der Waals surface area contributed by atoms with Crippen molar-refractivity contribution in [1.29, 1.82) is 0 Å². The number of carbonyl (C=O) groups excluding carboxylic acids is 1. The van der Waals surface area contributed by atoms with Crippen molar-refractivity contribution in [2.24, 2.45) is 5.92 Å². The van der Waals surface area contributed by atoms with Crippen molar-refractivity contribution in [1.82, 2.24) is 18.8 Å². The second-order valence-electron chi connectivity index (χ2n) is 9.09. The van der Waals surface area contributed by atoms with Gasteiger partial charge < -0.3 is 4.90 Å². The molecule has 2 saturated heterocycles. The minimum absolute atomic E-state index is 0.0841. The molecule has 32 heavy (non-hydrogen) atoms. The van der Waals surface area contributed by atoms with Gasteiger partial charge in [-0.15, -0.1) is 0 Å². The number of sulfonamides is 1. The number of hydrogen-bond donors (Lipinski definition) is 0. The molecule has 8 nitrogen and oxygen atoms in total. The maximum atomic E-state index is 13.1. The molecule has 1 aromatic heterocycles. The van der Waals surface area contributed by atoms with Crippen LogP contribution in [0.5, 0.6) is 0 Å². The fraction of sp³-hybridized carbons (Fsp3) is 0.609. The van der Waals surface area contributed by atoms with Crippen LogP contribution < -0.4 is 5.56 Å². The number of likely N-dealkylation sites (tertiary alicyclic amines) is 1. The van der Waals surface area contributed by atoms with Crippen LogP contribution in [0.4, 0.5) is 0 Å². The van der Waals surface area contributed by atoms with Gasteiger partial charge in [-0.2, -0.15) is 4.31 Å². The first-order valence-electron chi connectivity index (χ1n) is 11.6. The zero-order chi connectivity index (χ0) is 22.9. The molecule has 1 atom stereocenters. The van der Waals surface area contributed by atoms with E-state index in [2.05, 4.69) is 18.8 Å². The van der Waals surface area contributed by atoms with E-state index in [0.717, 1.165) is 38.5 Å². The molecule has 1 unspecified atom stereocenters. The molecule has 9 heteroatoms. The average Bonchev–Trinajstić information content (AvgIpc) is 2.81. The van der Waals surface area contributed by atoms with Crippen LogP contribution in [0.2, 0.25) is 0 Å². The fourth-order valence-electron chi connectivity index (χ4n) is 4.78. The quantitative estimate of drug-likeness (QED) is 0.684. The van der Waals surface area contributed by atoms with Gasteiger partial charge in [0.2, 0.25) is 15.9 Å². The van der Waals surface area contributed by atoms with E-state index in [9.17, 15) is 18.0 Å². The monoisotopic (exact) mass is 460 g/mol. The van der Waals surface area contributed by atoms with Crippen molar-refractivity contribution in [3.63, 3.8) is 0 Å². The van der Waals surface area contributed by atoms with Crippen molar-refractivity contribution in [2.75, 3.05) is 19.6 Å². The molecular formula is C23H32N4O4S. The highest BCUT2D eigenvalue weighted by Crippen LogP contribution is 2.25. The summed E-state index contributed by atoms with van der Waals surface area (Å²) in [6, 6.07) is 4.70. The lowest BCUT2D eigenvalue weighted by Gasteiger charge is -2.35. The lowest BCUT2D eigenvalue weighted by Crippen LogP contribution is -2.45. The summed E-state index contributed by atoms with van der Waals surface area (Å²) in [4.78, 5) is 32.3. The molecule has 2 aliphatic heterocycles. The Morgan fingerprint density at radius 3 is 2.59 bits per heavy atom. The molecule has 0 spiro atoms. The van der Waals surface area contributed by atoms with Crippen LogP contribution in [-0.4, -0.2) is 58.8 Å². The largest absolute Gasteiger partial charge is 0.338 e. The van der Waals surface area contributed by atoms with Crippen LogP contribution in [-0.2, 0) is 21.4 Å². The smallest absolute Gasteiger partial charge is 0.261 e. The molecule has 0 aliphatic carbocycles. The third-order valence-corrected chi connectivity index (χ3v) is 8.79. The van der Waals surface area contributed by atoms with Crippen molar-refractivity contribution < 1.29 is 13.2 Å². The Morgan fingerprint density at radius 2 is 1.88 bits per heavy atom. The van der Waals surface area contributed by atoms with Gasteiger partial charge in [-0.3, -0.25) is 14.2 Å². The van der Waals surface area contributed by atoms with Crippen LogP contribution in [0, 0.1) is 5.92 Å². The number of nitrogens with zero attached hydrogens (tertiary/aromatic N) is 4. The maximum absolute atomic E-state index is 13.1. The van der Waals surface area contributed by atoms with E-state index < -0.39 is 15.6 Å². The van der Waals surface area contributed by atoms with Gasteiger partial charge in [-0.1, -0.05) is 13.8 Å². The molecule has 2 aliphatic rings. The summed E-state index contributed by atoms with van der Waals surface area (Å²) in [6.45, 7) is 5.81. The summed E-state index contributed by atoms with van der Waals surface area (Å²) in [5.74, 6) is 0.421. The highest BCUT2D eigenvalue weighted by Gasteiger charge is 2.29. The van der Waals surface area contributed by atoms with Gasteiger partial charge in [0, 0.05) is 25.7 Å². The first kappa shape index (κ1) is 22.9. The molecule has 0 radical (unpaired) electrons. The third kappa shape index (κ3) is 4.45. The summed E-state index contributed by atoms with van der Waals surface area (Å²) in [7, 11) is -3.68. The molecule has 2 fully saturated rings. The molecule has 1 amide bonds. The van der Waals surface area contributed by atoms with E-state index >= 15 is 0 Å². The molecule has 0 N–H and O–H groups in total. The van der Waals surface area contributed by atoms with E-state index in [0.29, 0.717) is 31.1 Å². The Labute approximate surface area is 189 Å². The van der Waals surface area contributed by atoms with Crippen LogP contribution in [0.1, 0.15) is 52.4 Å². The first-order chi connectivity index (χ1) is 15.3. The number of benzene rings is 1. The highest BCUT2D eigenvalue weighted by molar-refractivity contribution is 7.89. The average molecular weight is 461 g/mol. The van der Waals surface area contributed by atoms with Crippen LogP contribution in [0.3, 0.4) is 0 Å². The number of hydrogen-bond acceptors (Lipinski definition) is 5. The zero-order valence-electron chi connectivity index (χ0n) is 18.9. The molecule has 3 heterocycles. The van der Waals surface area contributed by atoms with E-state index in [1.54, 1.807) is 6.07 Å². The maximum Gasteiger partial charge on any atom is 0.261 e. The highest BCUT2D eigenvalue weighted by atomic mass is 32.2. The summed E-state index contributed by atoms with van der Waals surface area (Å²) in [5, 5.41) is 0.220. The lowest BCUT2D eigenvalue weighted by molar-refractivity contribution is -0.135. The Morgan fingerprint density at radius 1 is 1.12 bits per heavy atom. The predicted octanol–water partition coefficient (Wildman–Crippen LogP) is 2.61. The van der Waals surface area contributed by atoms with Crippen LogP contribution in [0.25, 0.3) is 10.9 Å². The molecule has 4 rings (SSSR count). The Hall–Kier alpha value is -2.26. The topological polar surface area (TPSA) is 92.6 Å². The van der Waals surface area contributed by atoms with Gasteiger partial charge in [-0.05, 0) is 62.6 Å². The number of rotatable bonds is 5. The van der Waals surface area contributed by atoms with Gasteiger partial charge in [0.25, 0.3) is 5.56 Å². The third-order valence-electron chi connectivity index (χ3n) is 6.90. The standard InChI is InChI=1S/C23H32N4O4S/c1-3-18-6-4-5-11-27(18)22(28)15-25-16-24-21-8-7-19(14-20(21)23(25)29)32(30,31)26-12-9-17(2)10-13-26/h7-8,14,16-18H,3-6,9-13,15H2,1-2H3. The second-order valence-corrected chi connectivity index (χ2v) is 11.0. The Bertz CT molecular complexity index is 1150. The molecule has 174 valence electrons. The van der Waals surface area contributed by atoms with E-state index in [-0.39, 0.29) is 28.8 Å². The molecule has 1 aromatic carbocycles. The predicted molar refractivity (Wildman–Crippen MR) is 123 cm³/mol. The van der Waals surface area contributed by atoms with Crippen molar-refractivity contribution >= 4 is 26.8 Å². The minimum atomic E-state index is -3.68. The number of amides is 1. The van der Waals surface area contributed by atoms with E-state index in [1.807, 2.05) is 4.90 Å². The van der Waals surface area contributed by atoms with Crippen LogP contribution in [0.15, 0.2) is 34.2 Å². The number of piperidine rings is 2. The van der Waals surface area contributed by atoms with Gasteiger partial charge >= 0.3 is 0 Å². The van der Waals surface area contributed by atoms with Crippen molar-refractivity contribution in [3.8, 4) is 0 Å². The molecule has 2 aromatic rings. The fourth-order valence-corrected chi connectivity index (χ4v) is 6.27. The molecule has 0 bridgehead atoms. The molecular weight excluding hydrogens is 428 g/mol. The van der Waals surface area contributed by atoms with Gasteiger partial charge in [-0.25, -0.2) is 13.4 Å². The Kier molecular flexibility index (Phi) is 6.67. The normalized spacial score (nSPS) is 21.2. The summed E-state index contributed by atoms with van der Waals surface area (Å²) >= 11 is 0. The zero-order valence-corrected chi connectivity index (χ0v) is 19.7. The van der Waals surface area contributed by atoms with Crippen molar-refractivity contribution in [2.45, 2.75) is 69.9 Å². The minimum Gasteiger partial charge on any atom is -0.338 e. The first-order valence-corrected chi connectivity index (χ1v) is 13.0.